The van der Waals surface area contributed by atoms with E-state index in [-0.39, 0.29) is 6.04 Å². The third-order valence-corrected chi connectivity index (χ3v) is 3.58. The summed E-state index contributed by atoms with van der Waals surface area (Å²) in [6.07, 6.45) is 2.04. The number of benzene rings is 1. The molecule has 0 heterocycles. The molecule has 0 saturated heterocycles. The first-order valence-electron chi connectivity index (χ1n) is 6.16. The van der Waals surface area contributed by atoms with Crippen LogP contribution in [0.1, 0.15) is 38.3 Å². The molecule has 1 aromatic rings. The van der Waals surface area contributed by atoms with Crippen LogP contribution in [0.4, 0.5) is 0 Å². The first-order valence-corrected chi connectivity index (χ1v) is 6.95. The molecule has 0 aliphatic rings. The lowest BCUT2D eigenvalue weighted by Crippen LogP contribution is -2.13. The number of halogens is 1. The molecule has 0 aromatic heterocycles. The van der Waals surface area contributed by atoms with Gasteiger partial charge >= 0.3 is 0 Å². The van der Waals surface area contributed by atoms with Crippen molar-refractivity contribution in [2.45, 2.75) is 32.7 Å². The molecule has 4 heteroatoms. The minimum atomic E-state index is -0.0238. The molecule has 0 amide bonds. The van der Waals surface area contributed by atoms with Crippen LogP contribution in [0, 0.1) is 5.92 Å². The number of ether oxygens (including phenoxy) is 2. The zero-order valence-electron chi connectivity index (χ0n) is 11.5. The number of rotatable bonds is 6. The Labute approximate surface area is 118 Å². The van der Waals surface area contributed by atoms with Gasteiger partial charge in [-0.15, -0.1) is 0 Å². The molecule has 0 radical (unpaired) electrons. The molecule has 102 valence electrons. The molecule has 0 aliphatic carbocycles. The lowest BCUT2D eigenvalue weighted by atomic mass is 9.97. The summed E-state index contributed by atoms with van der Waals surface area (Å²) in [5.74, 6) is 2.24. The fourth-order valence-corrected chi connectivity index (χ4v) is 2.33. The Hall–Kier alpha value is -0.740. The molecule has 18 heavy (non-hydrogen) atoms. The van der Waals surface area contributed by atoms with Gasteiger partial charge in [-0.25, -0.2) is 0 Å². The molecule has 0 fully saturated rings. The van der Waals surface area contributed by atoms with E-state index in [0.717, 1.165) is 34.4 Å². The van der Waals surface area contributed by atoms with Crippen LogP contribution in [0.5, 0.6) is 11.5 Å². The van der Waals surface area contributed by atoms with Gasteiger partial charge in [-0.2, -0.15) is 0 Å². The summed E-state index contributed by atoms with van der Waals surface area (Å²) in [6, 6.07) is 3.83. The maximum absolute atomic E-state index is 6.24. The van der Waals surface area contributed by atoms with Crippen molar-refractivity contribution in [2.24, 2.45) is 11.7 Å². The third kappa shape index (κ3) is 3.89. The van der Waals surface area contributed by atoms with Crippen LogP contribution in [0.15, 0.2) is 16.6 Å². The van der Waals surface area contributed by atoms with Crippen LogP contribution in [0.25, 0.3) is 0 Å². The smallest absolute Gasteiger partial charge is 0.133 e. The van der Waals surface area contributed by atoms with E-state index in [1.54, 1.807) is 14.2 Å². The fraction of sp³-hybridized carbons (Fsp3) is 0.571. The normalized spacial score (nSPS) is 12.6. The molecule has 0 bridgehead atoms. The van der Waals surface area contributed by atoms with Gasteiger partial charge in [-0.05, 0) is 46.8 Å². The van der Waals surface area contributed by atoms with E-state index in [1.807, 2.05) is 12.1 Å². The number of hydrogen-bond acceptors (Lipinski definition) is 3. The SMILES string of the molecule is COc1cc(C(N)CCC(C)C)c(OC)cc1Br. The average Bonchev–Trinajstić information content (AvgIpc) is 2.35. The summed E-state index contributed by atoms with van der Waals surface area (Å²) in [5, 5.41) is 0. The Balaban J connectivity index is 2.97. The maximum atomic E-state index is 6.24. The molecule has 1 aromatic carbocycles. The highest BCUT2D eigenvalue weighted by molar-refractivity contribution is 9.10. The highest BCUT2D eigenvalue weighted by Crippen LogP contribution is 2.36. The van der Waals surface area contributed by atoms with Gasteiger partial charge in [0.2, 0.25) is 0 Å². The monoisotopic (exact) mass is 315 g/mol. The highest BCUT2D eigenvalue weighted by Gasteiger charge is 2.16. The third-order valence-electron chi connectivity index (χ3n) is 2.96. The molecule has 0 saturated carbocycles. The van der Waals surface area contributed by atoms with Crippen molar-refractivity contribution in [1.29, 1.82) is 0 Å². The summed E-state index contributed by atoms with van der Waals surface area (Å²) < 4.78 is 11.6. The van der Waals surface area contributed by atoms with Gasteiger partial charge in [-0.1, -0.05) is 13.8 Å². The van der Waals surface area contributed by atoms with Gasteiger partial charge in [0, 0.05) is 11.6 Å². The van der Waals surface area contributed by atoms with E-state index < -0.39 is 0 Å². The van der Waals surface area contributed by atoms with E-state index >= 15 is 0 Å². The molecule has 0 spiro atoms. The van der Waals surface area contributed by atoms with Gasteiger partial charge < -0.3 is 15.2 Å². The summed E-state index contributed by atoms with van der Waals surface area (Å²) in [5.41, 5.74) is 7.24. The van der Waals surface area contributed by atoms with Crippen molar-refractivity contribution in [2.75, 3.05) is 14.2 Å². The van der Waals surface area contributed by atoms with Gasteiger partial charge in [0.05, 0.1) is 18.7 Å². The second kappa shape index (κ2) is 7.00. The standard InChI is InChI=1S/C14H22BrNO2/c1-9(2)5-6-12(16)10-7-14(18-4)11(15)8-13(10)17-3/h7-9,12H,5-6,16H2,1-4H3. The van der Waals surface area contributed by atoms with E-state index in [1.165, 1.54) is 0 Å². The predicted octanol–water partition coefficient (Wildman–Crippen LogP) is 3.90. The summed E-state index contributed by atoms with van der Waals surface area (Å²) in [7, 11) is 3.31. The van der Waals surface area contributed by atoms with Crippen LogP contribution < -0.4 is 15.2 Å². The highest BCUT2D eigenvalue weighted by atomic mass is 79.9. The molecule has 1 unspecified atom stereocenters. The lowest BCUT2D eigenvalue weighted by molar-refractivity contribution is 0.389. The molecule has 1 rings (SSSR count). The van der Waals surface area contributed by atoms with Crippen LogP contribution in [0.3, 0.4) is 0 Å². The molecule has 1 atom stereocenters. The molecule has 0 aliphatic heterocycles. The van der Waals surface area contributed by atoms with E-state index in [0.29, 0.717) is 5.92 Å². The summed E-state index contributed by atoms with van der Waals surface area (Å²) >= 11 is 3.45. The number of methoxy groups -OCH3 is 2. The zero-order valence-corrected chi connectivity index (χ0v) is 13.1. The maximum Gasteiger partial charge on any atom is 0.133 e. The molecular formula is C14H22BrNO2. The first kappa shape index (κ1) is 15.3. The topological polar surface area (TPSA) is 44.5 Å². The van der Waals surface area contributed by atoms with Crippen molar-refractivity contribution >= 4 is 15.9 Å². The Morgan fingerprint density at radius 1 is 1.11 bits per heavy atom. The quantitative estimate of drug-likeness (QED) is 0.865. The van der Waals surface area contributed by atoms with Crippen LogP contribution in [-0.2, 0) is 0 Å². The van der Waals surface area contributed by atoms with Gasteiger partial charge in [0.15, 0.2) is 0 Å². The zero-order chi connectivity index (χ0) is 13.7. The van der Waals surface area contributed by atoms with Crippen molar-refractivity contribution in [3.63, 3.8) is 0 Å². The summed E-state index contributed by atoms with van der Waals surface area (Å²) in [4.78, 5) is 0. The van der Waals surface area contributed by atoms with E-state index in [2.05, 4.69) is 29.8 Å². The Kier molecular flexibility index (Phi) is 5.96. The molecular weight excluding hydrogens is 294 g/mol. The Bertz CT molecular complexity index is 394. The van der Waals surface area contributed by atoms with Crippen LogP contribution in [0.2, 0.25) is 0 Å². The number of hydrogen-bond donors (Lipinski definition) is 1. The van der Waals surface area contributed by atoms with E-state index in [9.17, 15) is 0 Å². The molecule has 3 nitrogen and oxygen atoms in total. The fourth-order valence-electron chi connectivity index (χ4n) is 1.84. The largest absolute Gasteiger partial charge is 0.496 e. The minimum Gasteiger partial charge on any atom is -0.496 e. The van der Waals surface area contributed by atoms with Crippen molar-refractivity contribution in [1.82, 2.24) is 0 Å². The number of nitrogens with two attached hydrogens (primary N) is 1. The molecule has 2 N–H and O–H groups in total. The predicted molar refractivity (Wildman–Crippen MR) is 78.2 cm³/mol. The first-order chi connectivity index (χ1) is 8.49. The minimum absolute atomic E-state index is 0.0238. The van der Waals surface area contributed by atoms with Crippen LogP contribution in [-0.4, -0.2) is 14.2 Å². The van der Waals surface area contributed by atoms with Gasteiger partial charge in [0.25, 0.3) is 0 Å². The summed E-state index contributed by atoms with van der Waals surface area (Å²) in [6.45, 7) is 4.40. The average molecular weight is 316 g/mol. The second-order valence-electron chi connectivity index (χ2n) is 4.81. The Morgan fingerprint density at radius 2 is 1.72 bits per heavy atom. The van der Waals surface area contributed by atoms with Crippen molar-refractivity contribution in [3.05, 3.63) is 22.2 Å². The second-order valence-corrected chi connectivity index (χ2v) is 5.66. The van der Waals surface area contributed by atoms with Crippen molar-refractivity contribution < 1.29 is 9.47 Å². The van der Waals surface area contributed by atoms with E-state index in [4.69, 9.17) is 15.2 Å². The van der Waals surface area contributed by atoms with Crippen molar-refractivity contribution in [3.8, 4) is 11.5 Å². The van der Waals surface area contributed by atoms with Crippen LogP contribution >= 0.6 is 15.9 Å². The van der Waals surface area contributed by atoms with Gasteiger partial charge in [0.1, 0.15) is 11.5 Å². The lowest BCUT2D eigenvalue weighted by Gasteiger charge is -2.18. The van der Waals surface area contributed by atoms with Gasteiger partial charge in [-0.3, -0.25) is 0 Å². The Morgan fingerprint density at radius 3 is 2.22 bits per heavy atom.